The van der Waals surface area contributed by atoms with Crippen molar-refractivity contribution in [2.45, 2.75) is 31.8 Å². The normalized spacial score (nSPS) is 15.0. The minimum Gasteiger partial charge on any atom is -0.497 e. The topological polar surface area (TPSA) is 54.6 Å². The van der Waals surface area contributed by atoms with Gasteiger partial charge in [0, 0.05) is 42.3 Å². The first-order valence-electron chi connectivity index (χ1n) is 12.5. The fourth-order valence-corrected chi connectivity index (χ4v) is 5.24. The molecule has 4 aromatic rings. The maximum atomic E-state index is 11.5. The maximum Gasteiger partial charge on any atom is 0.330 e. The van der Waals surface area contributed by atoms with Gasteiger partial charge in [0.15, 0.2) is 0 Å². The van der Waals surface area contributed by atoms with Crippen LogP contribution in [0.2, 0.25) is 0 Å². The fourth-order valence-electron chi connectivity index (χ4n) is 5.24. The highest BCUT2D eigenvalue weighted by molar-refractivity contribution is 5.87. The molecule has 184 valence electrons. The minimum absolute atomic E-state index is 0.337. The number of fused-ring (bicyclic) bond motifs is 2. The smallest absolute Gasteiger partial charge is 0.330 e. The lowest BCUT2D eigenvalue weighted by atomic mass is 10.0. The van der Waals surface area contributed by atoms with Crippen molar-refractivity contribution in [1.82, 2.24) is 9.88 Å². The Morgan fingerprint density at radius 1 is 1.08 bits per heavy atom. The number of carbonyl (C=O) groups is 1. The number of aromatic amines is 1. The average Bonchev–Trinajstić information content (AvgIpc) is 3.54. The van der Waals surface area contributed by atoms with Crippen LogP contribution in [0.15, 0.2) is 79.0 Å². The molecule has 1 atom stereocenters. The Morgan fingerprint density at radius 3 is 2.72 bits per heavy atom. The predicted molar refractivity (Wildman–Crippen MR) is 144 cm³/mol. The van der Waals surface area contributed by atoms with E-state index < -0.39 is 0 Å². The zero-order chi connectivity index (χ0) is 24.9. The first-order valence-corrected chi connectivity index (χ1v) is 12.5. The van der Waals surface area contributed by atoms with E-state index >= 15 is 0 Å². The number of esters is 1. The first-order chi connectivity index (χ1) is 17.6. The van der Waals surface area contributed by atoms with E-state index in [-0.39, 0.29) is 5.97 Å². The molecular weight excluding hydrogens is 448 g/mol. The molecule has 1 heterocycles. The SMILES string of the molecule is COC(=O)C=Cc1ccc2c(c1)CCC2N(CCc1c[nH]c2ccccc12)Cc1ccc(OC)cc1. The Balaban J connectivity index is 1.39. The number of ether oxygens (including phenoxy) is 2. The van der Waals surface area contributed by atoms with E-state index in [2.05, 4.69) is 70.7 Å². The van der Waals surface area contributed by atoms with Crippen LogP contribution >= 0.6 is 0 Å². The molecule has 0 amide bonds. The molecule has 0 radical (unpaired) electrons. The van der Waals surface area contributed by atoms with E-state index in [4.69, 9.17) is 9.47 Å². The maximum absolute atomic E-state index is 11.5. The monoisotopic (exact) mass is 480 g/mol. The van der Waals surface area contributed by atoms with Crippen LogP contribution < -0.4 is 4.74 Å². The summed E-state index contributed by atoms with van der Waals surface area (Å²) in [6, 6.07) is 23.8. The number of carbonyl (C=O) groups excluding carboxylic acids is 1. The van der Waals surface area contributed by atoms with Crippen LogP contribution in [0.5, 0.6) is 5.75 Å². The van der Waals surface area contributed by atoms with E-state index in [0.717, 1.165) is 43.7 Å². The van der Waals surface area contributed by atoms with Gasteiger partial charge in [-0.25, -0.2) is 4.79 Å². The molecule has 1 aliphatic carbocycles. The van der Waals surface area contributed by atoms with Gasteiger partial charge in [-0.2, -0.15) is 0 Å². The molecular formula is C31H32N2O3. The van der Waals surface area contributed by atoms with Gasteiger partial charge in [-0.15, -0.1) is 0 Å². The summed E-state index contributed by atoms with van der Waals surface area (Å²) in [6.45, 7) is 1.84. The molecule has 5 heteroatoms. The number of methoxy groups -OCH3 is 2. The summed E-state index contributed by atoms with van der Waals surface area (Å²) in [5.41, 5.74) is 7.59. The van der Waals surface area contributed by atoms with Crippen molar-refractivity contribution >= 4 is 22.9 Å². The molecule has 0 fully saturated rings. The van der Waals surface area contributed by atoms with Crippen molar-refractivity contribution in [3.63, 3.8) is 0 Å². The Bertz CT molecular complexity index is 1370. The molecule has 0 spiro atoms. The molecule has 1 N–H and O–H groups in total. The molecule has 5 nitrogen and oxygen atoms in total. The van der Waals surface area contributed by atoms with E-state index in [1.165, 1.54) is 46.3 Å². The summed E-state index contributed by atoms with van der Waals surface area (Å²) in [4.78, 5) is 17.5. The third kappa shape index (κ3) is 5.21. The third-order valence-electron chi connectivity index (χ3n) is 7.15. The summed E-state index contributed by atoms with van der Waals surface area (Å²) >= 11 is 0. The van der Waals surface area contributed by atoms with Gasteiger partial charge in [0.1, 0.15) is 5.75 Å². The number of para-hydroxylation sites is 1. The van der Waals surface area contributed by atoms with E-state index in [1.54, 1.807) is 7.11 Å². The molecule has 1 unspecified atom stereocenters. The van der Waals surface area contributed by atoms with Crippen molar-refractivity contribution in [3.05, 3.63) is 107 Å². The van der Waals surface area contributed by atoms with Crippen LogP contribution in [0, 0.1) is 0 Å². The zero-order valence-electron chi connectivity index (χ0n) is 20.9. The number of nitrogens with zero attached hydrogens (tertiary/aromatic N) is 1. The second-order valence-corrected chi connectivity index (χ2v) is 9.30. The van der Waals surface area contributed by atoms with Gasteiger partial charge in [-0.05, 0) is 71.4 Å². The zero-order valence-corrected chi connectivity index (χ0v) is 20.9. The summed E-state index contributed by atoms with van der Waals surface area (Å²) in [7, 11) is 3.10. The molecule has 1 aromatic heterocycles. The highest BCUT2D eigenvalue weighted by Gasteiger charge is 2.28. The number of nitrogens with one attached hydrogen (secondary N) is 1. The average molecular weight is 481 g/mol. The van der Waals surface area contributed by atoms with Crippen molar-refractivity contribution in [2.24, 2.45) is 0 Å². The van der Waals surface area contributed by atoms with Gasteiger partial charge in [0.2, 0.25) is 0 Å². The number of aryl methyl sites for hydroxylation is 1. The van der Waals surface area contributed by atoms with Gasteiger partial charge in [-0.1, -0.05) is 48.5 Å². The van der Waals surface area contributed by atoms with Crippen LogP contribution in [0.1, 0.15) is 40.3 Å². The summed E-state index contributed by atoms with van der Waals surface area (Å²) in [6.07, 6.45) is 8.55. The van der Waals surface area contributed by atoms with E-state index in [0.29, 0.717) is 6.04 Å². The van der Waals surface area contributed by atoms with Gasteiger partial charge in [0.25, 0.3) is 0 Å². The number of hydrogen-bond acceptors (Lipinski definition) is 4. The van der Waals surface area contributed by atoms with Crippen LogP contribution in [-0.4, -0.2) is 36.6 Å². The fraction of sp³-hybridized carbons (Fsp3) is 0.258. The predicted octanol–water partition coefficient (Wildman–Crippen LogP) is 6.09. The Labute approximate surface area is 212 Å². The Kier molecular flexibility index (Phi) is 7.19. The van der Waals surface area contributed by atoms with E-state index in [9.17, 15) is 4.79 Å². The molecule has 0 aliphatic heterocycles. The van der Waals surface area contributed by atoms with Crippen LogP contribution in [0.25, 0.3) is 17.0 Å². The summed E-state index contributed by atoms with van der Waals surface area (Å²) in [5.74, 6) is 0.541. The van der Waals surface area contributed by atoms with Crippen molar-refractivity contribution in [3.8, 4) is 5.75 Å². The van der Waals surface area contributed by atoms with Crippen LogP contribution in [0.3, 0.4) is 0 Å². The molecule has 36 heavy (non-hydrogen) atoms. The second kappa shape index (κ2) is 10.8. The second-order valence-electron chi connectivity index (χ2n) is 9.30. The molecule has 0 bridgehead atoms. The number of H-pyrrole nitrogens is 1. The molecule has 0 saturated carbocycles. The highest BCUT2D eigenvalue weighted by atomic mass is 16.5. The standard InChI is InChI=1S/C31H32N2O3/c1-35-26-12-7-23(8-13-26)21-33(18-17-25-20-32-29-6-4-3-5-27(25)29)30-15-11-24-19-22(9-14-28(24)30)10-16-31(34)36-2/h3-10,12-14,16,19-20,30,32H,11,15,17-18,21H2,1-2H3. The van der Waals surface area contributed by atoms with Crippen LogP contribution in [0.4, 0.5) is 0 Å². The quantitative estimate of drug-likeness (QED) is 0.232. The van der Waals surface area contributed by atoms with Gasteiger partial charge >= 0.3 is 5.97 Å². The number of benzene rings is 3. The first kappa shape index (κ1) is 23.9. The lowest BCUT2D eigenvalue weighted by molar-refractivity contribution is -0.134. The van der Waals surface area contributed by atoms with Crippen LogP contribution in [-0.2, 0) is 28.9 Å². The molecule has 3 aromatic carbocycles. The lowest BCUT2D eigenvalue weighted by Gasteiger charge is -2.30. The Hall–Kier alpha value is -3.83. The Morgan fingerprint density at radius 2 is 1.92 bits per heavy atom. The lowest BCUT2D eigenvalue weighted by Crippen LogP contribution is -2.29. The van der Waals surface area contributed by atoms with Gasteiger partial charge in [0.05, 0.1) is 14.2 Å². The largest absolute Gasteiger partial charge is 0.497 e. The number of hydrogen-bond donors (Lipinski definition) is 1. The summed E-state index contributed by atoms with van der Waals surface area (Å²) < 4.78 is 10.1. The van der Waals surface area contributed by atoms with Crippen molar-refractivity contribution in [1.29, 1.82) is 0 Å². The van der Waals surface area contributed by atoms with Crippen molar-refractivity contribution < 1.29 is 14.3 Å². The number of aromatic nitrogens is 1. The van der Waals surface area contributed by atoms with Crippen molar-refractivity contribution in [2.75, 3.05) is 20.8 Å². The summed E-state index contributed by atoms with van der Waals surface area (Å²) in [5, 5.41) is 1.30. The number of rotatable bonds is 9. The minimum atomic E-state index is -0.337. The third-order valence-corrected chi connectivity index (χ3v) is 7.15. The van der Waals surface area contributed by atoms with Gasteiger partial charge < -0.3 is 14.5 Å². The van der Waals surface area contributed by atoms with E-state index in [1.807, 2.05) is 18.2 Å². The molecule has 0 saturated heterocycles. The molecule has 1 aliphatic rings. The molecule has 5 rings (SSSR count). The van der Waals surface area contributed by atoms with Gasteiger partial charge in [-0.3, -0.25) is 4.90 Å². The highest BCUT2D eigenvalue weighted by Crippen LogP contribution is 2.37.